The van der Waals surface area contributed by atoms with Crippen molar-refractivity contribution in [1.82, 2.24) is 15.3 Å². The van der Waals surface area contributed by atoms with Crippen molar-refractivity contribution in [2.45, 2.75) is 33.6 Å². The van der Waals surface area contributed by atoms with Gasteiger partial charge in [-0.05, 0) is 19.9 Å². The van der Waals surface area contributed by atoms with Crippen molar-refractivity contribution in [2.24, 2.45) is 0 Å². The molecule has 0 aromatic carbocycles. The smallest absolute Gasteiger partial charge is 0.254 e. The van der Waals surface area contributed by atoms with E-state index in [2.05, 4.69) is 20.6 Å². The van der Waals surface area contributed by atoms with Gasteiger partial charge in [0.25, 0.3) is 11.5 Å². The topological polar surface area (TPSA) is 100 Å². The Morgan fingerprint density at radius 1 is 1.30 bits per heavy atom. The summed E-state index contributed by atoms with van der Waals surface area (Å²) in [6.45, 7) is 8.40. The Morgan fingerprint density at radius 3 is 2.65 bits per heavy atom. The highest BCUT2D eigenvalue weighted by Gasteiger charge is 2.16. The zero-order chi connectivity index (χ0) is 17.0. The Morgan fingerprint density at radius 2 is 2.04 bits per heavy atom. The molecule has 2 aromatic rings. The van der Waals surface area contributed by atoms with Gasteiger partial charge in [0.15, 0.2) is 0 Å². The maximum atomic E-state index is 12.1. The van der Waals surface area contributed by atoms with E-state index in [4.69, 9.17) is 4.42 Å². The summed E-state index contributed by atoms with van der Waals surface area (Å²) in [7, 11) is 0. The first-order valence-corrected chi connectivity index (χ1v) is 7.57. The number of aryl methyl sites for hydroxylation is 2. The fraction of sp³-hybridized carbons (Fsp3) is 0.438. The lowest BCUT2D eigenvalue weighted by Crippen LogP contribution is -2.29. The van der Waals surface area contributed by atoms with E-state index in [1.165, 1.54) is 6.07 Å². The Hall–Kier alpha value is -2.57. The highest BCUT2D eigenvalue weighted by Crippen LogP contribution is 2.21. The SMILES string of the molecule is Cc1cc(=O)[nH]c(NCCNC(=O)c2cc(C(C)C)oc2C)n1. The number of rotatable bonds is 6. The molecule has 0 fully saturated rings. The molecule has 2 heterocycles. The third-order valence-electron chi connectivity index (χ3n) is 3.32. The standard InChI is InChI=1S/C16H22N4O3/c1-9(2)13-8-12(11(4)23-13)15(22)17-5-6-18-16-19-10(3)7-14(21)20-16/h7-9H,5-6H2,1-4H3,(H,17,22)(H2,18,19,20,21). The number of hydrogen-bond acceptors (Lipinski definition) is 5. The van der Waals surface area contributed by atoms with Crippen LogP contribution in [0.2, 0.25) is 0 Å². The van der Waals surface area contributed by atoms with Gasteiger partial charge in [-0.3, -0.25) is 14.6 Å². The summed E-state index contributed by atoms with van der Waals surface area (Å²) in [5.41, 5.74) is 0.977. The van der Waals surface area contributed by atoms with Crippen LogP contribution >= 0.6 is 0 Å². The number of hydrogen-bond donors (Lipinski definition) is 3. The normalized spacial score (nSPS) is 10.8. The molecule has 124 valence electrons. The molecule has 2 aromatic heterocycles. The Bertz CT molecular complexity index is 746. The molecular weight excluding hydrogens is 296 g/mol. The van der Waals surface area contributed by atoms with Crippen molar-refractivity contribution in [2.75, 3.05) is 18.4 Å². The summed E-state index contributed by atoms with van der Waals surface area (Å²) in [4.78, 5) is 30.2. The second-order valence-electron chi connectivity index (χ2n) is 5.69. The summed E-state index contributed by atoms with van der Waals surface area (Å²) < 4.78 is 5.57. The molecule has 0 aliphatic carbocycles. The van der Waals surface area contributed by atoms with Gasteiger partial charge in [-0.15, -0.1) is 0 Å². The minimum atomic E-state index is -0.209. The molecule has 2 rings (SSSR count). The van der Waals surface area contributed by atoms with Gasteiger partial charge < -0.3 is 15.1 Å². The molecule has 0 aliphatic rings. The lowest BCUT2D eigenvalue weighted by atomic mass is 10.1. The second kappa shape index (κ2) is 7.13. The number of carbonyl (C=O) groups excluding carboxylic acids is 1. The van der Waals surface area contributed by atoms with Crippen LogP contribution in [0.5, 0.6) is 0 Å². The van der Waals surface area contributed by atoms with Gasteiger partial charge in [0.05, 0.1) is 5.56 Å². The number of nitrogens with one attached hydrogen (secondary N) is 3. The van der Waals surface area contributed by atoms with E-state index in [-0.39, 0.29) is 17.4 Å². The monoisotopic (exact) mass is 318 g/mol. The lowest BCUT2D eigenvalue weighted by molar-refractivity contribution is 0.0953. The summed E-state index contributed by atoms with van der Waals surface area (Å²) in [6.07, 6.45) is 0. The molecule has 23 heavy (non-hydrogen) atoms. The number of aromatic nitrogens is 2. The van der Waals surface area contributed by atoms with Crippen LogP contribution in [0.15, 0.2) is 21.3 Å². The first-order valence-electron chi connectivity index (χ1n) is 7.57. The van der Waals surface area contributed by atoms with E-state index in [0.29, 0.717) is 36.1 Å². The van der Waals surface area contributed by atoms with Crippen LogP contribution in [-0.4, -0.2) is 29.0 Å². The molecule has 0 saturated carbocycles. The van der Waals surface area contributed by atoms with Crippen LogP contribution in [-0.2, 0) is 0 Å². The number of amides is 1. The van der Waals surface area contributed by atoms with E-state index >= 15 is 0 Å². The molecule has 7 nitrogen and oxygen atoms in total. The van der Waals surface area contributed by atoms with Crippen LogP contribution in [0.1, 0.15) is 47.3 Å². The lowest BCUT2D eigenvalue weighted by Gasteiger charge is -2.07. The number of carbonyl (C=O) groups is 1. The molecule has 0 saturated heterocycles. The molecular formula is C16H22N4O3. The van der Waals surface area contributed by atoms with E-state index in [0.717, 1.165) is 5.76 Å². The van der Waals surface area contributed by atoms with Crippen LogP contribution in [0, 0.1) is 13.8 Å². The minimum Gasteiger partial charge on any atom is -0.465 e. The van der Waals surface area contributed by atoms with Gasteiger partial charge in [0.2, 0.25) is 5.95 Å². The van der Waals surface area contributed by atoms with Crippen LogP contribution in [0.4, 0.5) is 5.95 Å². The molecule has 1 amide bonds. The van der Waals surface area contributed by atoms with Crippen molar-refractivity contribution < 1.29 is 9.21 Å². The fourth-order valence-electron chi connectivity index (χ4n) is 2.13. The molecule has 3 N–H and O–H groups in total. The van der Waals surface area contributed by atoms with E-state index in [9.17, 15) is 9.59 Å². The quantitative estimate of drug-likeness (QED) is 0.707. The molecule has 0 radical (unpaired) electrons. The van der Waals surface area contributed by atoms with Crippen molar-refractivity contribution in [3.63, 3.8) is 0 Å². The van der Waals surface area contributed by atoms with Crippen LogP contribution in [0.3, 0.4) is 0 Å². The number of H-pyrrole nitrogens is 1. The van der Waals surface area contributed by atoms with E-state index in [1.54, 1.807) is 19.9 Å². The summed E-state index contributed by atoms with van der Waals surface area (Å²) >= 11 is 0. The Kier molecular flexibility index (Phi) is 5.20. The highest BCUT2D eigenvalue weighted by molar-refractivity contribution is 5.95. The fourth-order valence-corrected chi connectivity index (χ4v) is 2.13. The Labute approximate surface area is 134 Å². The summed E-state index contributed by atoms with van der Waals surface area (Å²) in [6, 6.07) is 3.20. The van der Waals surface area contributed by atoms with Crippen molar-refractivity contribution in [1.29, 1.82) is 0 Å². The largest absolute Gasteiger partial charge is 0.465 e. The van der Waals surface area contributed by atoms with Gasteiger partial charge >= 0.3 is 0 Å². The van der Waals surface area contributed by atoms with Gasteiger partial charge in [0.1, 0.15) is 11.5 Å². The summed E-state index contributed by atoms with van der Waals surface area (Å²) in [5.74, 6) is 1.87. The zero-order valence-electron chi connectivity index (χ0n) is 13.8. The third-order valence-corrected chi connectivity index (χ3v) is 3.32. The maximum absolute atomic E-state index is 12.1. The second-order valence-corrected chi connectivity index (χ2v) is 5.69. The molecule has 0 bridgehead atoms. The predicted molar refractivity (Wildman–Crippen MR) is 88.0 cm³/mol. The van der Waals surface area contributed by atoms with Crippen LogP contribution < -0.4 is 16.2 Å². The molecule has 0 aliphatic heterocycles. The average Bonchev–Trinajstić information content (AvgIpc) is 2.85. The van der Waals surface area contributed by atoms with Crippen LogP contribution in [0.25, 0.3) is 0 Å². The van der Waals surface area contributed by atoms with Gasteiger partial charge in [0, 0.05) is 30.8 Å². The number of furan rings is 1. The first-order chi connectivity index (χ1) is 10.9. The molecule has 7 heteroatoms. The van der Waals surface area contributed by atoms with E-state index in [1.807, 2.05) is 13.8 Å². The van der Waals surface area contributed by atoms with Crippen molar-refractivity contribution in [3.05, 3.63) is 45.3 Å². The molecule has 0 spiro atoms. The third kappa shape index (κ3) is 4.45. The molecule has 0 atom stereocenters. The first kappa shape index (κ1) is 16.8. The van der Waals surface area contributed by atoms with Gasteiger partial charge in [-0.1, -0.05) is 13.8 Å². The zero-order valence-corrected chi connectivity index (χ0v) is 13.8. The minimum absolute atomic E-state index is 0.175. The average molecular weight is 318 g/mol. The van der Waals surface area contributed by atoms with Crippen molar-refractivity contribution in [3.8, 4) is 0 Å². The van der Waals surface area contributed by atoms with Gasteiger partial charge in [-0.2, -0.15) is 0 Å². The summed E-state index contributed by atoms with van der Waals surface area (Å²) in [5, 5.41) is 5.78. The number of nitrogens with zero attached hydrogens (tertiary/aromatic N) is 1. The molecule has 0 unspecified atom stereocenters. The number of anilines is 1. The predicted octanol–water partition coefficient (Wildman–Crippen LogP) is 1.95. The Balaban J connectivity index is 1.86. The van der Waals surface area contributed by atoms with Crippen molar-refractivity contribution >= 4 is 11.9 Å². The van der Waals surface area contributed by atoms with E-state index < -0.39 is 0 Å². The number of aromatic amines is 1. The highest BCUT2D eigenvalue weighted by atomic mass is 16.3. The van der Waals surface area contributed by atoms with Gasteiger partial charge in [-0.25, -0.2) is 4.98 Å². The maximum Gasteiger partial charge on any atom is 0.254 e.